The zero-order valence-electron chi connectivity index (χ0n) is 16.1. The van der Waals surface area contributed by atoms with Crippen molar-refractivity contribution in [2.24, 2.45) is 0 Å². The van der Waals surface area contributed by atoms with Crippen molar-refractivity contribution in [1.29, 1.82) is 0 Å². The van der Waals surface area contributed by atoms with E-state index in [1.54, 1.807) is 22.8 Å². The molecule has 2 heterocycles. The van der Waals surface area contributed by atoms with Gasteiger partial charge in [-0.05, 0) is 19.4 Å². The lowest BCUT2D eigenvalue weighted by Gasteiger charge is -2.34. The largest absolute Gasteiger partial charge is 0.450 e. The fraction of sp³-hybridized carbons (Fsp3) is 0.579. The highest BCUT2D eigenvalue weighted by Gasteiger charge is 2.26. The van der Waals surface area contributed by atoms with Gasteiger partial charge in [-0.3, -0.25) is 14.6 Å². The lowest BCUT2D eigenvalue weighted by Crippen LogP contribution is -2.50. The number of carbonyl (C=O) groups is 3. The van der Waals surface area contributed by atoms with E-state index in [-0.39, 0.29) is 17.9 Å². The number of piperazine rings is 1. The average Bonchev–Trinajstić information content (AvgIpc) is 2.71. The summed E-state index contributed by atoms with van der Waals surface area (Å²) in [6.45, 7) is 6.50. The summed E-state index contributed by atoms with van der Waals surface area (Å²) < 4.78 is 4.98. The molecule has 0 spiro atoms. The predicted molar refractivity (Wildman–Crippen MR) is 101 cm³/mol. The predicted octanol–water partition coefficient (Wildman–Crippen LogP) is 1.92. The summed E-state index contributed by atoms with van der Waals surface area (Å²) in [6, 6.07) is 1.57. The Balaban J connectivity index is 1.91. The number of hydrogen-bond acceptors (Lipinski definition) is 5. The van der Waals surface area contributed by atoms with E-state index in [1.807, 2.05) is 0 Å². The third kappa shape index (κ3) is 5.94. The fourth-order valence-electron chi connectivity index (χ4n) is 2.85. The van der Waals surface area contributed by atoms with E-state index in [1.165, 1.54) is 12.4 Å². The molecule has 0 atom stereocenters. The van der Waals surface area contributed by atoms with Gasteiger partial charge < -0.3 is 19.9 Å². The normalized spacial score (nSPS) is 14.0. The maximum Gasteiger partial charge on any atom is 0.409 e. The smallest absolute Gasteiger partial charge is 0.409 e. The van der Waals surface area contributed by atoms with E-state index >= 15 is 0 Å². The maximum absolute atomic E-state index is 12.7. The molecular weight excluding hydrogens is 348 g/mol. The number of unbranched alkanes of at least 4 members (excludes halogenated alkanes) is 2. The van der Waals surface area contributed by atoms with Crippen molar-refractivity contribution in [2.45, 2.75) is 33.1 Å². The van der Waals surface area contributed by atoms with Gasteiger partial charge in [-0.2, -0.15) is 0 Å². The molecule has 0 aliphatic carbocycles. The molecule has 0 radical (unpaired) electrons. The number of amides is 3. The minimum atomic E-state index is -0.354. The van der Waals surface area contributed by atoms with Crippen LogP contribution in [0.15, 0.2) is 18.5 Å². The molecule has 0 bridgehead atoms. The Hall–Kier alpha value is -2.64. The van der Waals surface area contributed by atoms with Gasteiger partial charge in [0.25, 0.3) is 11.8 Å². The zero-order valence-corrected chi connectivity index (χ0v) is 16.1. The summed E-state index contributed by atoms with van der Waals surface area (Å²) in [4.78, 5) is 43.9. The molecule has 27 heavy (non-hydrogen) atoms. The summed E-state index contributed by atoms with van der Waals surface area (Å²) in [5.41, 5.74) is 0.753. The Morgan fingerprint density at radius 1 is 1.04 bits per heavy atom. The van der Waals surface area contributed by atoms with Crippen LogP contribution in [-0.4, -0.2) is 72.0 Å². The molecule has 2 rings (SSSR count). The molecule has 0 aromatic carbocycles. The molecule has 1 aromatic rings. The second-order valence-electron chi connectivity index (χ2n) is 6.40. The van der Waals surface area contributed by atoms with Crippen molar-refractivity contribution in [3.05, 3.63) is 29.6 Å². The third-order valence-corrected chi connectivity index (χ3v) is 4.41. The van der Waals surface area contributed by atoms with Gasteiger partial charge in [0.15, 0.2) is 0 Å². The summed E-state index contributed by atoms with van der Waals surface area (Å²) in [5, 5.41) is 2.85. The highest BCUT2D eigenvalue weighted by atomic mass is 16.6. The van der Waals surface area contributed by atoms with Gasteiger partial charge in [-0.25, -0.2) is 4.79 Å². The third-order valence-electron chi connectivity index (χ3n) is 4.41. The van der Waals surface area contributed by atoms with E-state index in [2.05, 4.69) is 17.2 Å². The lowest BCUT2D eigenvalue weighted by molar-refractivity contribution is 0.0570. The first-order valence-corrected chi connectivity index (χ1v) is 9.51. The minimum absolute atomic E-state index is 0.188. The standard InChI is InChI=1S/C19H28N4O4/c1-3-5-6-7-21-17(24)15-12-16(14-20-13-15)18(25)22-8-10-23(11-9-22)19(26)27-4-2/h12-14H,3-11H2,1-2H3,(H,21,24). The molecule has 1 aromatic heterocycles. The molecule has 0 unspecified atom stereocenters. The topological polar surface area (TPSA) is 91.8 Å². The second kappa shape index (κ2) is 10.5. The molecule has 1 aliphatic heterocycles. The van der Waals surface area contributed by atoms with Gasteiger partial charge in [0, 0.05) is 45.1 Å². The molecule has 1 N–H and O–H groups in total. The SMILES string of the molecule is CCCCCNC(=O)c1cncc(C(=O)N2CCN(C(=O)OCC)CC2)c1. The zero-order chi connectivity index (χ0) is 19.6. The van der Waals surface area contributed by atoms with Crippen molar-refractivity contribution in [1.82, 2.24) is 20.1 Å². The van der Waals surface area contributed by atoms with Crippen LogP contribution in [0.1, 0.15) is 53.8 Å². The van der Waals surface area contributed by atoms with Crippen LogP contribution in [0.4, 0.5) is 4.79 Å². The van der Waals surface area contributed by atoms with Crippen LogP contribution < -0.4 is 5.32 Å². The summed E-state index contributed by atoms with van der Waals surface area (Å²) in [6.07, 6.45) is 5.66. The molecule has 1 saturated heterocycles. The van der Waals surface area contributed by atoms with Gasteiger partial charge >= 0.3 is 6.09 Å². The second-order valence-corrected chi connectivity index (χ2v) is 6.40. The monoisotopic (exact) mass is 376 g/mol. The maximum atomic E-state index is 12.7. The van der Waals surface area contributed by atoms with Crippen LogP contribution in [0.2, 0.25) is 0 Å². The summed E-state index contributed by atoms with van der Waals surface area (Å²) >= 11 is 0. The van der Waals surface area contributed by atoms with Gasteiger partial charge in [-0.15, -0.1) is 0 Å². The first-order chi connectivity index (χ1) is 13.1. The van der Waals surface area contributed by atoms with Crippen LogP contribution >= 0.6 is 0 Å². The first-order valence-electron chi connectivity index (χ1n) is 9.51. The molecule has 1 fully saturated rings. The molecule has 148 valence electrons. The van der Waals surface area contributed by atoms with Crippen molar-refractivity contribution in [2.75, 3.05) is 39.3 Å². The highest BCUT2D eigenvalue weighted by molar-refractivity contribution is 5.99. The number of pyridine rings is 1. The van der Waals surface area contributed by atoms with Crippen molar-refractivity contribution in [3.63, 3.8) is 0 Å². The molecule has 8 nitrogen and oxygen atoms in total. The van der Waals surface area contributed by atoms with Gasteiger partial charge in [0.05, 0.1) is 17.7 Å². The number of hydrogen-bond donors (Lipinski definition) is 1. The van der Waals surface area contributed by atoms with Crippen LogP contribution in [0.25, 0.3) is 0 Å². The first kappa shape index (κ1) is 20.7. The Morgan fingerprint density at radius 3 is 2.37 bits per heavy atom. The van der Waals surface area contributed by atoms with E-state index in [9.17, 15) is 14.4 Å². The number of carbonyl (C=O) groups excluding carboxylic acids is 3. The number of nitrogens with one attached hydrogen (secondary N) is 1. The van der Waals surface area contributed by atoms with E-state index in [0.29, 0.717) is 50.5 Å². The van der Waals surface area contributed by atoms with E-state index in [4.69, 9.17) is 4.74 Å². The van der Waals surface area contributed by atoms with Crippen molar-refractivity contribution in [3.8, 4) is 0 Å². The summed E-state index contributed by atoms with van der Waals surface area (Å²) in [5.74, 6) is -0.410. The molecule has 0 saturated carbocycles. The number of nitrogens with zero attached hydrogens (tertiary/aromatic N) is 3. The lowest BCUT2D eigenvalue weighted by atomic mass is 10.1. The Kier molecular flexibility index (Phi) is 8.03. The number of aromatic nitrogens is 1. The highest BCUT2D eigenvalue weighted by Crippen LogP contribution is 2.11. The molecule has 3 amide bonds. The van der Waals surface area contributed by atoms with Crippen LogP contribution in [0.5, 0.6) is 0 Å². The van der Waals surface area contributed by atoms with Crippen molar-refractivity contribution >= 4 is 17.9 Å². The van der Waals surface area contributed by atoms with Crippen molar-refractivity contribution < 1.29 is 19.1 Å². The van der Waals surface area contributed by atoms with E-state index < -0.39 is 0 Å². The Labute approximate surface area is 159 Å². The summed E-state index contributed by atoms with van der Waals surface area (Å²) in [7, 11) is 0. The minimum Gasteiger partial charge on any atom is -0.450 e. The van der Waals surface area contributed by atoms with Gasteiger partial charge in [0.1, 0.15) is 0 Å². The van der Waals surface area contributed by atoms with Crippen LogP contribution in [-0.2, 0) is 4.74 Å². The van der Waals surface area contributed by atoms with Crippen LogP contribution in [0.3, 0.4) is 0 Å². The fourth-order valence-corrected chi connectivity index (χ4v) is 2.85. The quantitative estimate of drug-likeness (QED) is 0.734. The molecule has 1 aliphatic rings. The van der Waals surface area contributed by atoms with E-state index in [0.717, 1.165) is 19.3 Å². The molecular formula is C19H28N4O4. The Morgan fingerprint density at radius 2 is 1.70 bits per heavy atom. The van der Waals surface area contributed by atoms with Gasteiger partial charge in [0.2, 0.25) is 0 Å². The number of ether oxygens (including phenoxy) is 1. The number of rotatable bonds is 7. The van der Waals surface area contributed by atoms with Gasteiger partial charge in [-0.1, -0.05) is 19.8 Å². The molecule has 8 heteroatoms. The van der Waals surface area contributed by atoms with Crippen LogP contribution in [0, 0.1) is 0 Å². The average molecular weight is 376 g/mol. The Bertz CT molecular complexity index is 657.